The summed E-state index contributed by atoms with van der Waals surface area (Å²) in [6.45, 7) is 5.92. The van der Waals surface area contributed by atoms with E-state index < -0.39 is 0 Å². The molecule has 4 rings (SSSR count). The van der Waals surface area contributed by atoms with Gasteiger partial charge in [-0.1, -0.05) is 41.6 Å². The molecule has 0 radical (unpaired) electrons. The fourth-order valence-electron chi connectivity index (χ4n) is 3.79. The minimum absolute atomic E-state index is 0.0866. The van der Waals surface area contributed by atoms with Crippen molar-refractivity contribution in [3.63, 3.8) is 0 Å². The van der Waals surface area contributed by atoms with Crippen molar-refractivity contribution < 1.29 is 9.59 Å². The first-order chi connectivity index (χ1) is 14.5. The first-order valence-corrected chi connectivity index (χ1v) is 11.2. The van der Waals surface area contributed by atoms with Gasteiger partial charge in [0.25, 0.3) is 0 Å². The minimum Gasteiger partial charge on any atom is -0.341 e. The van der Waals surface area contributed by atoms with E-state index >= 15 is 0 Å². The monoisotopic (exact) mass is 422 g/mol. The van der Waals surface area contributed by atoms with E-state index in [-0.39, 0.29) is 24.1 Å². The van der Waals surface area contributed by atoms with Crippen LogP contribution in [0.2, 0.25) is 0 Å². The fraction of sp³-hybridized carbons (Fsp3) is 0.348. The second-order valence-electron chi connectivity index (χ2n) is 7.71. The molecule has 1 aliphatic heterocycles. The molecule has 0 bridgehead atoms. The highest BCUT2D eigenvalue weighted by Crippen LogP contribution is 2.25. The number of imidazole rings is 1. The number of nitrogens with zero attached hydrogens (tertiary/aromatic N) is 3. The molecule has 0 saturated carbocycles. The molecule has 2 aromatic carbocycles. The Bertz CT molecular complexity index is 1090. The van der Waals surface area contributed by atoms with Gasteiger partial charge in [-0.25, -0.2) is 4.98 Å². The van der Waals surface area contributed by atoms with E-state index in [9.17, 15) is 9.59 Å². The van der Waals surface area contributed by atoms with E-state index in [2.05, 4.69) is 10.3 Å². The highest BCUT2D eigenvalue weighted by molar-refractivity contribution is 7.99. The van der Waals surface area contributed by atoms with Crippen LogP contribution in [0.25, 0.3) is 11.0 Å². The Morgan fingerprint density at radius 2 is 1.87 bits per heavy atom. The topological polar surface area (TPSA) is 67.2 Å². The maximum absolute atomic E-state index is 12.7. The molecule has 0 unspecified atom stereocenters. The largest absolute Gasteiger partial charge is 0.341 e. The number of para-hydroxylation sites is 2. The summed E-state index contributed by atoms with van der Waals surface area (Å²) >= 11 is 1.36. The molecule has 1 aliphatic rings. The van der Waals surface area contributed by atoms with E-state index in [0.29, 0.717) is 5.16 Å². The van der Waals surface area contributed by atoms with Crippen LogP contribution in [0.5, 0.6) is 0 Å². The van der Waals surface area contributed by atoms with Crippen LogP contribution >= 0.6 is 11.8 Å². The lowest BCUT2D eigenvalue weighted by atomic mass is 10.1. The number of likely N-dealkylation sites (tertiary alicyclic amines) is 1. The molecule has 2 amide bonds. The summed E-state index contributed by atoms with van der Waals surface area (Å²) in [5, 5.41) is 3.67. The number of carbonyl (C=O) groups excluding carboxylic acids is 2. The number of benzene rings is 2. The molecule has 2 heterocycles. The van der Waals surface area contributed by atoms with Gasteiger partial charge in [0.1, 0.15) is 6.54 Å². The van der Waals surface area contributed by atoms with Crippen molar-refractivity contribution in [2.75, 3.05) is 24.2 Å². The molecule has 1 aromatic heterocycles. The number of carbonyl (C=O) groups is 2. The summed E-state index contributed by atoms with van der Waals surface area (Å²) < 4.78 is 1.94. The molecule has 156 valence electrons. The Hall–Kier alpha value is -2.80. The number of nitrogens with one attached hydrogen (secondary N) is 1. The molecule has 0 spiro atoms. The molecule has 0 aliphatic carbocycles. The summed E-state index contributed by atoms with van der Waals surface area (Å²) in [7, 11) is 0. The lowest BCUT2D eigenvalue weighted by Crippen LogP contribution is -2.31. The summed E-state index contributed by atoms with van der Waals surface area (Å²) in [5.41, 5.74) is 4.78. The molecule has 6 nitrogen and oxygen atoms in total. The first-order valence-electron chi connectivity index (χ1n) is 10.2. The Labute approximate surface area is 180 Å². The molecule has 0 atom stereocenters. The van der Waals surface area contributed by atoms with Gasteiger partial charge >= 0.3 is 0 Å². The van der Waals surface area contributed by atoms with Crippen molar-refractivity contribution >= 4 is 40.3 Å². The highest BCUT2D eigenvalue weighted by atomic mass is 32.2. The van der Waals surface area contributed by atoms with Gasteiger partial charge in [0.15, 0.2) is 5.16 Å². The van der Waals surface area contributed by atoms with Crippen LogP contribution in [0.4, 0.5) is 5.69 Å². The van der Waals surface area contributed by atoms with Gasteiger partial charge in [-0.15, -0.1) is 0 Å². The van der Waals surface area contributed by atoms with E-state index in [4.69, 9.17) is 0 Å². The minimum atomic E-state index is -0.0866. The smallest absolute Gasteiger partial charge is 0.242 e. The maximum atomic E-state index is 12.7. The average molecular weight is 423 g/mol. The zero-order chi connectivity index (χ0) is 21.1. The SMILES string of the molecule is Cc1ccc(NC(=O)CSc2nc3ccccc3n2CC(=O)N2CCCC2)c(C)c1. The van der Waals surface area contributed by atoms with Crippen molar-refractivity contribution in [1.82, 2.24) is 14.5 Å². The quantitative estimate of drug-likeness (QED) is 0.610. The van der Waals surface area contributed by atoms with Crippen molar-refractivity contribution in [3.05, 3.63) is 53.6 Å². The maximum Gasteiger partial charge on any atom is 0.242 e. The molecule has 1 N–H and O–H groups in total. The molecular formula is C23H26N4O2S. The van der Waals surface area contributed by atoms with Crippen LogP contribution in [0.3, 0.4) is 0 Å². The second kappa shape index (κ2) is 8.92. The number of amides is 2. The Kier molecular flexibility index (Phi) is 6.08. The van der Waals surface area contributed by atoms with Gasteiger partial charge in [0.2, 0.25) is 11.8 Å². The first kappa shape index (κ1) is 20.5. The molecule has 30 heavy (non-hydrogen) atoms. The molecule has 7 heteroatoms. The Balaban J connectivity index is 1.49. The predicted octanol–water partition coefficient (Wildman–Crippen LogP) is 4.01. The summed E-state index contributed by atoms with van der Waals surface area (Å²) in [6.07, 6.45) is 2.13. The summed E-state index contributed by atoms with van der Waals surface area (Å²) in [4.78, 5) is 31.9. The van der Waals surface area contributed by atoms with E-state index in [1.807, 2.05) is 65.8 Å². The molecular weight excluding hydrogens is 396 g/mol. The van der Waals surface area contributed by atoms with E-state index in [1.54, 1.807) is 0 Å². The number of thioether (sulfide) groups is 1. The molecule has 1 fully saturated rings. The number of fused-ring (bicyclic) bond motifs is 1. The van der Waals surface area contributed by atoms with Crippen LogP contribution in [0, 0.1) is 13.8 Å². The number of rotatable bonds is 6. The lowest BCUT2D eigenvalue weighted by molar-refractivity contribution is -0.130. The van der Waals surface area contributed by atoms with E-state index in [1.165, 1.54) is 11.8 Å². The van der Waals surface area contributed by atoms with Gasteiger partial charge in [-0.2, -0.15) is 0 Å². The van der Waals surface area contributed by atoms with Crippen molar-refractivity contribution in [2.45, 2.75) is 38.4 Å². The Morgan fingerprint density at radius 3 is 2.63 bits per heavy atom. The van der Waals surface area contributed by atoms with Crippen molar-refractivity contribution in [1.29, 1.82) is 0 Å². The number of aryl methyl sites for hydroxylation is 2. The summed E-state index contributed by atoms with van der Waals surface area (Å²) in [6, 6.07) is 13.7. The third kappa shape index (κ3) is 4.51. The zero-order valence-electron chi connectivity index (χ0n) is 17.4. The zero-order valence-corrected chi connectivity index (χ0v) is 18.2. The van der Waals surface area contributed by atoms with Gasteiger partial charge in [0, 0.05) is 18.8 Å². The van der Waals surface area contributed by atoms with Crippen molar-refractivity contribution in [2.24, 2.45) is 0 Å². The van der Waals surface area contributed by atoms with Gasteiger partial charge in [-0.05, 0) is 50.5 Å². The fourth-order valence-corrected chi connectivity index (χ4v) is 4.60. The van der Waals surface area contributed by atoms with Crippen LogP contribution < -0.4 is 5.32 Å². The number of anilines is 1. The van der Waals surface area contributed by atoms with Gasteiger partial charge < -0.3 is 14.8 Å². The normalized spacial score (nSPS) is 13.7. The second-order valence-corrected chi connectivity index (χ2v) is 8.65. The number of hydrogen-bond acceptors (Lipinski definition) is 4. The van der Waals surface area contributed by atoms with Crippen LogP contribution in [0.15, 0.2) is 47.6 Å². The van der Waals surface area contributed by atoms with Crippen LogP contribution in [-0.4, -0.2) is 45.1 Å². The predicted molar refractivity (Wildman–Crippen MR) is 121 cm³/mol. The third-order valence-electron chi connectivity index (χ3n) is 5.36. The molecule has 3 aromatic rings. The summed E-state index contributed by atoms with van der Waals surface area (Å²) in [5.74, 6) is 0.253. The van der Waals surface area contributed by atoms with Gasteiger partial charge in [-0.3, -0.25) is 9.59 Å². The average Bonchev–Trinajstić information content (AvgIpc) is 3.37. The Morgan fingerprint density at radius 1 is 1.10 bits per heavy atom. The molecule has 1 saturated heterocycles. The highest BCUT2D eigenvalue weighted by Gasteiger charge is 2.21. The number of aromatic nitrogens is 2. The van der Waals surface area contributed by atoms with Crippen LogP contribution in [0.1, 0.15) is 24.0 Å². The third-order valence-corrected chi connectivity index (χ3v) is 6.34. The lowest BCUT2D eigenvalue weighted by Gasteiger charge is -2.17. The standard InChI is InChI=1S/C23H26N4O2S/c1-16-9-10-18(17(2)13-16)24-21(28)15-30-23-25-19-7-3-4-8-20(19)27(23)14-22(29)26-11-5-6-12-26/h3-4,7-10,13H,5-6,11-12,14-15H2,1-2H3,(H,24,28). The number of hydrogen-bond donors (Lipinski definition) is 1. The van der Waals surface area contributed by atoms with Gasteiger partial charge in [0.05, 0.1) is 16.8 Å². The van der Waals surface area contributed by atoms with E-state index in [0.717, 1.165) is 53.8 Å². The van der Waals surface area contributed by atoms with Crippen molar-refractivity contribution in [3.8, 4) is 0 Å². The van der Waals surface area contributed by atoms with Crippen LogP contribution in [-0.2, 0) is 16.1 Å².